The van der Waals surface area contributed by atoms with Gasteiger partial charge in [-0.05, 0) is 30.3 Å². The highest BCUT2D eigenvalue weighted by atomic mass is 35.5. The van der Waals surface area contributed by atoms with Gasteiger partial charge in [0.2, 0.25) is 0 Å². The maximum absolute atomic E-state index is 12.1. The van der Waals surface area contributed by atoms with Gasteiger partial charge in [0.25, 0.3) is 0 Å². The molecule has 0 amide bonds. The van der Waals surface area contributed by atoms with Crippen LogP contribution in [-0.2, 0) is 10.1 Å². The molecule has 4 N–H and O–H groups in total. The molecule has 0 aliphatic carbocycles. The predicted molar refractivity (Wildman–Crippen MR) is 79.5 cm³/mol. The number of hydrogen-bond donors (Lipinski definition) is 2. The van der Waals surface area contributed by atoms with Crippen LogP contribution in [0.1, 0.15) is 0 Å². The molecule has 2 aromatic rings. The first kappa shape index (κ1) is 14.8. The highest BCUT2D eigenvalue weighted by Crippen LogP contribution is 2.29. The monoisotopic (exact) mass is 332 g/mol. The van der Waals surface area contributed by atoms with E-state index in [1.807, 2.05) is 0 Å². The van der Waals surface area contributed by atoms with E-state index in [4.69, 9.17) is 38.9 Å². The summed E-state index contributed by atoms with van der Waals surface area (Å²) >= 11 is 11.6. The van der Waals surface area contributed by atoms with Crippen LogP contribution in [0.15, 0.2) is 41.3 Å². The van der Waals surface area contributed by atoms with E-state index < -0.39 is 10.1 Å². The number of rotatable bonds is 3. The normalized spacial score (nSPS) is 11.3. The average Bonchev–Trinajstić information content (AvgIpc) is 2.36. The first-order chi connectivity index (χ1) is 9.29. The summed E-state index contributed by atoms with van der Waals surface area (Å²) in [5.74, 6) is 0.0349. The van der Waals surface area contributed by atoms with E-state index >= 15 is 0 Å². The van der Waals surface area contributed by atoms with E-state index in [0.29, 0.717) is 5.69 Å². The Bertz CT molecular complexity index is 763. The summed E-state index contributed by atoms with van der Waals surface area (Å²) < 4.78 is 29.2. The number of benzene rings is 2. The number of hydrogen-bond acceptors (Lipinski definition) is 5. The molecule has 0 unspecified atom stereocenters. The van der Waals surface area contributed by atoms with Gasteiger partial charge in [-0.3, -0.25) is 0 Å². The van der Waals surface area contributed by atoms with Crippen molar-refractivity contribution in [2.45, 2.75) is 4.90 Å². The lowest BCUT2D eigenvalue weighted by Crippen LogP contribution is -2.10. The van der Waals surface area contributed by atoms with Gasteiger partial charge in [0.15, 0.2) is 0 Å². The van der Waals surface area contributed by atoms with Crippen LogP contribution >= 0.6 is 23.2 Å². The average molecular weight is 333 g/mol. The van der Waals surface area contributed by atoms with Crippen LogP contribution in [0.5, 0.6) is 5.75 Å². The van der Waals surface area contributed by atoms with Gasteiger partial charge in [-0.25, -0.2) is 0 Å². The zero-order valence-corrected chi connectivity index (χ0v) is 12.3. The Balaban J connectivity index is 2.40. The summed E-state index contributed by atoms with van der Waals surface area (Å²) in [6.07, 6.45) is 0. The molecular formula is C12H10Cl2N2O3S. The maximum Gasteiger partial charge on any atom is 0.340 e. The fourth-order valence-corrected chi connectivity index (χ4v) is 3.11. The summed E-state index contributed by atoms with van der Waals surface area (Å²) in [5, 5.41) is 0.242. The van der Waals surface area contributed by atoms with E-state index in [1.165, 1.54) is 36.4 Å². The number of nitrogen functional groups attached to an aromatic ring is 2. The van der Waals surface area contributed by atoms with E-state index in [0.717, 1.165) is 0 Å². The molecule has 106 valence electrons. The van der Waals surface area contributed by atoms with Crippen molar-refractivity contribution in [1.29, 1.82) is 0 Å². The molecular weight excluding hydrogens is 323 g/mol. The van der Waals surface area contributed by atoms with Gasteiger partial charge in [0.1, 0.15) is 10.6 Å². The van der Waals surface area contributed by atoms with Gasteiger partial charge >= 0.3 is 10.1 Å². The summed E-state index contributed by atoms with van der Waals surface area (Å²) in [6.45, 7) is 0. The molecule has 8 heteroatoms. The van der Waals surface area contributed by atoms with Crippen molar-refractivity contribution < 1.29 is 12.6 Å². The first-order valence-electron chi connectivity index (χ1n) is 5.34. The summed E-state index contributed by atoms with van der Waals surface area (Å²) in [4.78, 5) is -0.220. The van der Waals surface area contributed by atoms with Crippen molar-refractivity contribution in [3.8, 4) is 5.75 Å². The molecule has 5 nitrogen and oxygen atoms in total. The Hall–Kier alpha value is -1.63. The van der Waals surface area contributed by atoms with Gasteiger partial charge in [-0.15, -0.1) is 0 Å². The molecule has 0 fully saturated rings. The maximum atomic E-state index is 12.1. The largest absolute Gasteiger partial charge is 0.397 e. The van der Waals surface area contributed by atoms with E-state index in [-0.39, 0.29) is 26.4 Å². The van der Waals surface area contributed by atoms with Crippen molar-refractivity contribution in [3.63, 3.8) is 0 Å². The first-order valence-corrected chi connectivity index (χ1v) is 7.50. The quantitative estimate of drug-likeness (QED) is 0.665. The minimum atomic E-state index is -4.11. The Morgan fingerprint density at radius 3 is 2.30 bits per heavy atom. The number of anilines is 2. The van der Waals surface area contributed by atoms with Crippen LogP contribution < -0.4 is 15.7 Å². The van der Waals surface area contributed by atoms with Crippen LogP contribution in [0.25, 0.3) is 0 Å². The third kappa shape index (κ3) is 3.09. The zero-order chi connectivity index (χ0) is 14.9. The Morgan fingerprint density at radius 1 is 0.950 bits per heavy atom. The Morgan fingerprint density at radius 2 is 1.65 bits per heavy atom. The van der Waals surface area contributed by atoms with Gasteiger partial charge in [0.05, 0.1) is 16.4 Å². The fraction of sp³-hybridized carbons (Fsp3) is 0. The van der Waals surface area contributed by atoms with Gasteiger partial charge in [-0.1, -0.05) is 23.2 Å². The van der Waals surface area contributed by atoms with Crippen molar-refractivity contribution in [2.24, 2.45) is 0 Å². The summed E-state index contributed by atoms with van der Waals surface area (Å²) in [7, 11) is -4.11. The summed E-state index contributed by atoms with van der Waals surface area (Å²) in [5.41, 5.74) is 11.7. The lowest BCUT2D eigenvalue weighted by molar-refractivity contribution is 0.486. The van der Waals surface area contributed by atoms with Crippen molar-refractivity contribution in [1.82, 2.24) is 0 Å². The predicted octanol–water partition coefficient (Wildman–Crippen LogP) is 2.93. The molecule has 0 saturated carbocycles. The van der Waals surface area contributed by atoms with Crippen LogP contribution in [-0.4, -0.2) is 8.42 Å². The van der Waals surface area contributed by atoms with Crippen LogP contribution in [0.2, 0.25) is 10.0 Å². The molecule has 20 heavy (non-hydrogen) atoms. The molecule has 2 rings (SSSR count). The summed E-state index contributed by atoms with van der Waals surface area (Å²) in [6, 6.07) is 8.20. The third-order valence-electron chi connectivity index (χ3n) is 2.43. The van der Waals surface area contributed by atoms with Crippen LogP contribution in [0.3, 0.4) is 0 Å². The number of nitrogens with two attached hydrogens (primary N) is 2. The zero-order valence-electron chi connectivity index (χ0n) is 10.0. The molecule has 0 spiro atoms. The van der Waals surface area contributed by atoms with E-state index in [2.05, 4.69) is 0 Å². The third-order valence-corrected chi connectivity index (χ3v) is 4.39. The lowest BCUT2D eigenvalue weighted by atomic mass is 10.3. The van der Waals surface area contributed by atoms with Gasteiger partial charge in [0, 0.05) is 11.1 Å². The number of halogens is 2. The molecule has 0 aromatic heterocycles. The molecule has 0 aliphatic rings. The second kappa shape index (κ2) is 5.40. The van der Waals surface area contributed by atoms with Gasteiger partial charge in [-0.2, -0.15) is 8.42 Å². The lowest BCUT2D eigenvalue weighted by Gasteiger charge is -2.10. The molecule has 2 aromatic carbocycles. The van der Waals surface area contributed by atoms with Crippen LogP contribution in [0.4, 0.5) is 11.4 Å². The van der Waals surface area contributed by atoms with Crippen molar-refractivity contribution in [2.75, 3.05) is 11.5 Å². The Labute approximate surface area is 126 Å². The highest BCUT2D eigenvalue weighted by Gasteiger charge is 2.21. The van der Waals surface area contributed by atoms with Crippen LogP contribution in [0, 0.1) is 0 Å². The molecule has 0 heterocycles. The molecule has 0 saturated heterocycles. The van der Waals surface area contributed by atoms with Gasteiger partial charge < -0.3 is 15.7 Å². The topological polar surface area (TPSA) is 95.4 Å². The smallest absolute Gasteiger partial charge is 0.340 e. The molecule has 0 radical (unpaired) electrons. The van der Waals surface area contributed by atoms with E-state index in [1.54, 1.807) is 0 Å². The minimum absolute atomic E-state index is 0.0119. The molecule has 0 aliphatic heterocycles. The Kier molecular flexibility index (Phi) is 3.99. The van der Waals surface area contributed by atoms with Crippen molar-refractivity contribution >= 4 is 44.7 Å². The molecule has 0 atom stereocenters. The fourth-order valence-electron chi connectivity index (χ4n) is 1.45. The minimum Gasteiger partial charge on any atom is -0.397 e. The standard InChI is InChI=1S/C12H10Cl2N2O3S/c13-7-1-3-9(14)12(5-7)20(17,18)19-8-2-4-10(15)11(16)6-8/h1-6H,15-16H2. The molecule has 0 bridgehead atoms. The second-order valence-corrected chi connectivity index (χ2v) is 6.26. The van der Waals surface area contributed by atoms with E-state index in [9.17, 15) is 8.42 Å². The highest BCUT2D eigenvalue weighted by molar-refractivity contribution is 7.87. The second-order valence-electron chi connectivity index (χ2n) is 3.90. The van der Waals surface area contributed by atoms with Crippen molar-refractivity contribution in [3.05, 3.63) is 46.4 Å². The SMILES string of the molecule is Nc1ccc(OS(=O)(=O)c2cc(Cl)ccc2Cl)cc1N.